The lowest BCUT2D eigenvalue weighted by atomic mass is 10.1. The molecule has 1 aliphatic heterocycles. The Morgan fingerprint density at radius 3 is 3.25 bits per heavy atom. The minimum absolute atomic E-state index is 0.115. The average Bonchev–Trinajstić information content (AvgIpc) is 2.33. The third-order valence-electron chi connectivity index (χ3n) is 2.01. The molecular formula is C10H14N2. The van der Waals surface area contributed by atoms with Crippen molar-refractivity contribution in [2.24, 2.45) is 0 Å². The van der Waals surface area contributed by atoms with Gasteiger partial charge in [0.25, 0.3) is 0 Å². The second-order valence-electron chi connectivity index (χ2n) is 2.84. The summed E-state index contributed by atoms with van der Waals surface area (Å²) >= 11 is 0. The van der Waals surface area contributed by atoms with Crippen LogP contribution < -0.4 is 0 Å². The van der Waals surface area contributed by atoms with Crippen molar-refractivity contribution in [3.05, 3.63) is 30.1 Å². The fraction of sp³-hybridized carbons (Fsp3) is 0.500. The minimum Gasteiger partial charge on any atom is -0.299 e. The van der Waals surface area contributed by atoms with E-state index in [0.29, 0.717) is 0 Å². The lowest BCUT2D eigenvalue weighted by molar-refractivity contribution is 0.317. The SMILES string of the molecule is [2H]C1([2H])CC([2H])([2H])N(C)[C@@H]1c1cccnc1. The molecule has 0 spiro atoms. The molecule has 12 heavy (non-hydrogen) atoms. The zero-order chi connectivity index (χ0) is 12.0. The van der Waals surface area contributed by atoms with Crippen LogP contribution in [-0.2, 0) is 0 Å². The number of hydrogen-bond acceptors (Lipinski definition) is 2. The predicted octanol–water partition coefficient (Wildman–Crippen LogP) is 1.85. The van der Waals surface area contributed by atoms with Crippen molar-refractivity contribution in [1.82, 2.24) is 9.88 Å². The Hall–Kier alpha value is -0.890. The molecule has 0 radical (unpaired) electrons. The smallest absolute Gasteiger partial charge is 0.0431 e. The van der Waals surface area contributed by atoms with Crippen molar-refractivity contribution in [3.8, 4) is 0 Å². The molecule has 1 aromatic heterocycles. The molecule has 2 rings (SSSR count). The summed E-state index contributed by atoms with van der Waals surface area (Å²) in [6, 6.07) is 2.96. The Labute approximate surface area is 78.8 Å². The lowest BCUT2D eigenvalue weighted by Crippen LogP contribution is -2.17. The van der Waals surface area contributed by atoms with Crippen LogP contribution in [0.3, 0.4) is 0 Å². The molecule has 0 aromatic carbocycles. The monoisotopic (exact) mass is 166 g/mol. The van der Waals surface area contributed by atoms with Gasteiger partial charge in [-0.25, -0.2) is 0 Å². The first-order chi connectivity index (χ1) is 7.34. The van der Waals surface area contributed by atoms with Gasteiger partial charge in [-0.3, -0.25) is 9.88 Å². The van der Waals surface area contributed by atoms with Gasteiger partial charge in [-0.05, 0) is 38.0 Å². The van der Waals surface area contributed by atoms with E-state index in [1.54, 1.807) is 31.6 Å². The molecule has 0 amide bonds. The van der Waals surface area contributed by atoms with Crippen molar-refractivity contribution in [2.75, 3.05) is 13.5 Å². The van der Waals surface area contributed by atoms with Crippen molar-refractivity contribution in [1.29, 1.82) is 0 Å². The van der Waals surface area contributed by atoms with Crippen LogP contribution in [0.2, 0.25) is 0 Å². The Balaban J connectivity index is 2.41. The van der Waals surface area contributed by atoms with E-state index in [2.05, 4.69) is 4.98 Å². The number of aromatic nitrogens is 1. The maximum absolute atomic E-state index is 7.92. The standard InChI is InChI=1S/C10H14N2/c1-12-7-3-5-10(12)9-4-2-6-11-8-9/h2,4,6,8,10H,3,5,7H2,1H3/t10-/m0/s1/i5D2,7D2. The zero-order valence-electron chi connectivity index (χ0n) is 11.0. The number of rotatable bonds is 1. The Bertz CT molecular complexity index is 380. The van der Waals surface area contributed by atoms with E-state index in [0.717, 1.165) is 5.56 Å². The van der Waals surface area contributed by atoms with Crippen LogP contribution >= 0.6 is 0 Å². The largest absolute Gasteiger partial charge is 0.299 e. The molecule has 1 aliphatic rings. The summed E-state index contributed by atoms with van der Waals surface area (Å²) in [6.45, 7) is -1.61. The van der Waals surface area contributed by atoms with E-state index >= 15 is 0 Å². The molecule has 0 saturated carbocycles. The number of likely N-dealkylation sites (tertiary alicyclic amines) is 1. The van der Waals surface area contributed by atoms with Gasteiger partial charge in [-0.1, -0.05) is 6.07 Å². The van der Waals surface area contributed by atoms with Crippen LogP contribution in [0.25, 0.3) is 0 Å². The van der Waals surface area contributed by atoms with E-state index in [4.69, 9.17) is 5.48 Å². The summed E-state index contributed by atoms with van der Waals surface area (Å²) < 4.78 is 31.4. The van der Waals surface area contributed by atoms with Gasteiger partial charge in [-0.15, -0.1) is 0 Å². The lowest BCUT2D eigenvalue weighted by Gasteiger charge is -2.18. The molecule has 1 fully saturated rings. The summed E-state index contributed by atoms with van der Waals surface area (Å²) in [5.41, 5.74) is 0.719. The highest BCUT2D eigenvalue weighted by atomic mass is 15.1. The molecule has 0 unspecified atom stereocenters. The minimum atomic E-state index is -1.61. The van der Waals surface area contributed by atoms with Crippen LogP contribution in [0.4, 0.5) is 0 Å². The van der Waals surface area contributed by atoms with Crippen LogP contribution in [0.5, 0.6) is 0 Å². The van der Waals surface area contributed by atoms with Gasteiger partial charge in [0, 0.05) is 23.9 Å². The molecule has 2 heteroatoms. The molecule has 2 nitrogen and oxygen atoms in total. The second-order valence-corrected chi connectivity index (χ2v) is 2.84. The van der Waals surface area contributed by atoms with E-state index in [1.165, 1.54) is 4.90 Å². The fourth-order valence-electron chi connectivity index (χ4n) is 1.37. The number of pyridine rings is 1. The topological polar surface area (TPSA) is 16.1 Å². The predicted molar refractivity (Wildman–Crippen MR) is 48.8 cm³/mol. The van der Waals surface area contributed by atoms with Crippen molar-refractivity contribution >= 4 is 0 Å². The third kappa shape index (κ3) is 1.34. The second kappa shape index (κ2) is 3.23. The molecule has 1 aromatic rings. The van der Waals surface area contributed by atoms with E-state index in [1.807, 2.05) is 0 Å². The first-order valence-electron chi connectivity index (χ1n) is 5.97. The summed E-state index contributed by atoms with van der Waals surface area (Å²) in [4.78, 5) is 5.41. The van der Waals surface area contributed by atoms with E-state index in [9.17, 15) is 0 Å². The van der Waals surface area contributed by atoms with Crippen molar-refractivity contribution < 1.29 is 5.48 Å². The molecule has 64 valence electrons. The Kier molecular flexibility index (Phi) is 1.18. The van der Waals surface area contributed by atoms with Crippen LogP contribution in [0.1, 0.15) is 29.9 Å². The Morgan fingerprint density at radius 2 is 2.67 bits per heavy atom. The maximum Gasteiger partial charge on any atom is 0.0431 e. The highest BCUT2D eigenvalue weighted by Crippen LogP contribution is 2.29. The molecular weight excluding hydrogens is 148 g/mol. The van der Waals surface area contributed by atoms with E-state index < -0.39 is 18.9 Å². The van der Waals surface area contributed by atoms with Gasteiger partial charge in [0.05, 0.1) is 0 Å². The number of hydrogen-bond donors (Lipinski definition) is 0. The van der Waals surface area contributed by atoms with Gasteiger partial charge < -0.3 is 0 Å². The average molecular weight is 166 g/mol. The van der Waals surface area contributed by atoms with Crippen LogP contribution in [0, 0.1) is 0 Å². The quantitative estimate of drug-likeness (QED) is 0.633. The van der Waals surface area contributed by atoms with Gasteiger partial charge in [0.1, 0.15) is 0 Å². The normalized spacial score (nSPS) is 37.9. The summed E-state index contributed by atoms with van der Waals surface area (Å²) in [5.74, 6) is 0. The molecule has 1 saturated heterocycles. The molecule has 0 aliphatic carbocycles. The van der Waals surface area contributed by atoms with Gasteiger partial charge in [0.2, 0.25) is 0 Å². The van der Waals surface area contributed by atoms with Crippen LogP contribution in [0.15, 0.2) is 24.5 Å². The number of nitrogens with zero attached hydrogens (tertiary/aromatic N) is 2. The molecule has 0 N–H and O–H groups in total. The third-order valence-corrected chi connectivity index (χ3v) is 2.01. The first kappa shape index (κ1) is 4.38. The van der Waals surface area contributed by atoms with Crippen molar-refractivity contribution in [2.45, 2.75) is 18.8 Å². The maximum atomic E-state index is 7.92. The van der Waals surface area contributed by atoms with Gasteiger partial charge in [-0.2, -0.15) is 0 Å². The first-order valence-corrected chi connectivity index (χ1v) is 3.97. The van der Waals surface area contributed by atoms with Crippen molar-refractivity contribution in [3.63, 3.8) is 0 Å². The summed E-state index contributed by atoms with van der Waals surface area (Å²) in [7, 11) is 1.61. The fourth-order valence-corrected chi connectivity index (χ4v) is 1.37. The van der Waals surface area contributed by atoms with Gasteiger partial charge >= 0.3 is 0 Å². The zero-order valence-corrected chi connectivity index (χ0v) is 6.99. The highest BCUT2D eigenvalue weighted by molar-refractivity contribution is 5.14. The summed E-state index contributed by atoms with van der Waals surface area (Å²) in [5, 5.41) is 0. The highest BCUT2D eigenvalue weighted by Gasteiger charge is 2.21. The molecule has 2 heterocycles. The Morgan fingerprint density at radius 1 is 1.75 bits per heavy atom. The molecule has 1 atom stereocenters. The van der Waals surface area contributed by atoms with E-state index in [-0.39, 0.29) is 6.42 Å². The van der Waals surface area contributed by atoms with Crippen LogP contribution in [-0.4, -0.2) is 23.4 Å². The van der Waals surface area contributed by atoms with Gasteiger partial charge in [0.15, 0.2) is 0 Å². The molecule has 0 bridgehead atoms. The summed E-state index contributed by atoms with van der Waals surface area (Å²) in [6.07, 6.45) is 1.54.